The lowest BCUT2D eigenvalue weighted by Crippen LogP contribution is -2.40. The Morgan fingerprint density at radius 2 is 2.10 bits per heavy atom. The molecule has 8 nitrogen and oxygen atoms in total. The van der Waals surface area contributed by atoms with E-state index in [0.717, 1.165) is 41.9 Å². The van der Waals surface area contributed by atoms with Crippen LogP contribution in [0.25, 0.3) is 28.3 Å². The van der Waals surface area contributed by atoms with Gasteiger partial charge in [-0.15, -0.1) is 0 Å². The van der Waals surface area contributed by atoms with E-state index in [1.54, 1.807) is 0 Å². The van der Waals surface area contributed by atoms with Crippen LogP contribution in [0.1, 0.15) is 35.4 Å². The molecule has 4 heterocycles. The zero-order valence-corrected chi connectivity index (χ0v) is 16.0. The number of fused-ring (bicyclic) bond motifs is 1. The predicted octanol–water partition coefficient (Wildman–Crippen LogP) is 2.96. The Balaban J connectivity index is 1.66. The fourth-order valence-electron chi connectivity index (χ4n) is 3.53. The molecule has 1 fully saturated rings. The molecule has 5 rings (SSSR count). The average molecular weight is 387 g/mol. The lowest BCUT2D eigenvalue weighted by Gasteiger charge is -2.26. The molecule has 0 radical (unpaired) electrons. The van der Waals surface area contributed by atoms with Gasteiger partial charge < -0.3 is 20.4 Å². The van der Waals surface area contributed by atoms with E-state index < -0.39 is 0 Å². The number of nitrogens with two attached hydrogens (primary N) is 1. The highest BCUT2D eigenvalue weighted by atomic mass is 16.2. The van der Waals surface area contributed by atoms with Crippen LogP contribution in [-0.2, 0) is 0 Å². The van der Waals surface area contributed by atoms with Crippen LogP contribution in [0.3, 0.4) is 0 Å². The second-order valence-corrected chi connectivity index (χ2v) is 7.39. The normalized spacial score (nSPS) is 14.1. The number of aryl methyl sites for hydroxylation is 1. The molecule has 8 heteroatoms. The van der Waals surface area contributed by atoms with Crippen molar-refractivity contribution < 1.29 is 4.79 Å². The fraction of sp³-hybridized carbons (Fsp3) is 0.238. The van der Waals surface area contributed by atoms with Crippen molar-refractivity contribution in [3.63, 3.8) is 0 Å². The maximum Gasteiger partial charge on any atom is 0.273 e. The smallest absolute Gasteiger partial charge is 0.273 e. The summed E-state index contributed by atoms with van der Waals surface area (Å²) in [4.78, 5) is 29.5. The van der Waals surface area contributed by atoms with Gasteiger partial charge in [-0.2, -0.15) is 0 Å². The molecule has 0 spiro atoms. The summed E-state index contributed by atoms with van der Waals surface area (Å²) in [5, 5.41) is 3.00. The van der Waals surface area contributed by atoms with E-state index >= 15 is 0 Å². The van der Waals surface area contributed by atoms with Crippen LogP contribution >= 0.6 is 0 Å². The summed E-state index contributed by atoms with van der Waals surface area (Å²) in [5.41, 5.74) is 11.0. The molecular weight excluding hydrogens is 366 g/mol. The Morgan fingerprint density at radius 1 is 1.24 bits per heavy atom. The van der Waals surface area contributed by atoms with E-state index in [9.17, 15) is 4.79 Å². The zero-order chi connectivity index (χ0) is 20.0. The van der Waals surface area contributed by atoms with Crippen LogP contribution in [0, 0.1) is 6.92 Å². The third kappa shape index (κ3) is 3.02. The van der Waals surface area contributed by atoms with Gasteiger partial charge in [-0.1, -0.05) is 0 Å². The van der Waals surface area contributed by atoms with E-state index in [0.29, 0.717) is 11.4 Å². The second-order valence-electron chi connectivity index (χ2n) is 7.39. The zero-order valence-electron chi connectivity index (χ0n) is 16.0. The number of carbonyl (C=O) groups excluding carboxylic acids is 1. The van der Waals surface area contributed by atoms with E-state index in [1.807, 2.05) is 54.2 Å². The SMILES string of the molecule is Cc1cnc2ccc(-c3nc(C(=O)NC4CCC4)c(N)nc3-c3ccc[nH]3)cn12. The van der Waals surface area contributed by atoms with Gasteiger partial charge in [0.25, 0.3) is 5.91 Å². The number of aromatic nitrogens is 5. The molecule has 146 valence electrons. The molecule has 0 aromatic carbocycles. The quantitative estimate of drug-likeness (QED) is 0.498. The number of imidazole rings is 1. The Morgan fingerprint density at radius 3 is 2.83 bits per heavy atom. The number of aromatic amines is 1. The summed E-state index contributed by atoms with van der Waals surface area (Å²) in [6.45, 7) is 1.99. The highest BCUT2D eigenvalue weighted by molar-refractivity contribution is 5.98. The first-order valence-corrected chi connectivity index (χ1v) is 9.66. The summed E-state index contributed by atoms with van der Waals surface area (Å²) in [5.74, 6) is -0.158. The minimum absolute atomic E-state index is 0.120. The van der Waals surface area contributed by atoms with Crippen molar-refractivity contribution in [1.82, 2.24) is 29.7 Å². The average Bonchev–Trinajstić information content (AvgIpc) is 3.34. The number of nitrogens with zero attached hydrogens (tertiary/aromatic N) is 4. The molecule has 0 saturated heterocycles. The number of nitrogen functional groups attached to an aromatic ring is 1. The molecule has 1 saturated carbocycles. The van der Waals surface area contributed by atoms with Crippen molar-refractivity contribution in [3.8, 4) is 22.6 Å². The molecule has 0 bridgehead atoms. The molecule has 4 aromatic heterocycles. The summed E-state index contributed by atoms with van der Waals surface area (Å²) < 4.78 is 1.99. The van der Waals surface area contributed by atoms with E-state index in [1.165, 1.54) is 0 Å². The first-order valence-electron chi connectivity index (χ1n) is 9.66. The number of pyridine rings is 1. The molecule has 4 aromatic rings. The Kier molecular flexibility index (Phi) is 4.04. The van der Waals surface area contributed by atoms with Crippen LogP contribution in [-0.4, -0.2) is 36.3 Å². The van der Waals surface area contributed by atoms with Gasteiger partial charge in [-0.3, -0.25) is 4.79 Å². The summed E-state index contributed by atoms with van der Waals surface area (Å²) in [7, 11) is 0. The Hall–Kier alpha value is -3.68. The van der Waals surface area contributed by atoms with Crippen molar-refractivity contribution >= 4 is 17.4 Å². The van der Waals surface area contributed by atoms with Gasteiger partial charge in [0.15, 0.2) is 11.5 Å². The van der Waals surface area contributed by atoms with E-state index in [4.69, 9.17) is 5.73 Å². The van der Waals surface area contributed by atoms with Crippen LogP contribution in [0.5, 0.6) is 0 Å². The lowest BCUT2D eigenvalue weighted by atomic mass is 9.93. The highest BCUT2D eigenvalue weighted by Gasteiger charge is 2.25. The maximum atomic E-state index is 12.8. The van der Waals surface area contributed by atoms with Crippen LogP contribution in [0.4, 0.5) is 5.82 Å². The highest BCUT2D eigenvalue weighted by Crippen LogP contribution is 2.30. The van der Waals surface area contributed by atoms with Crippen molar-refractivity contribution in [3.05, 3.63) is 54.2 Å². The summed E-state index contributed by atoms with van der Waals surface area (Å²) >= 11 is 0. The monoisotopic (exact) mass is 387 g/mol. The third-order valence-electron chi connectivity index (χ3n) is 5.40. The number of amides is 1. The molecule has 29 heavy (non-hydrogen) atoms. The van der Waals surface area contributed by atoms with Crippen LogP contribution < -0.4 is 11.1 Å². The predicted molar refractivity (Wildman–Crippen MR) is 110 cm³/mol. The van der Waals surface area contributed by atoms with Crippen molar-refractivity contribution in [2.75, 3.05) is 5.73 Å². The molecule has 0 unspecified atom stereocenters. The number of carbonyl (C=O) groups is 1. The standard InChI is InChI=1S/C21H21N7O/c1-12-10-24-16-8-7-13(11-28(12)16)17-18(15-6-3-9-23-15)27-20(22)19(26-17)21(29)25-14-4-2-5-14/h3,6-11,14,23H,2,4-5H2,1H3,(H2,22,27)(H,25,29). The van der Waals surface area contributed by atoms with Crippen molar-refractivity contribution in [2.45, 2.75) is 32.2 Å². The fourth-order valence-corrected chi connectivity index (χ4v) is 3.53. The number of H-pyrrole nitrogens is 1. The minimum atomic E-state index is -0.279. The number of hydrogen-bond acceptors (Lipinski definition) is 5. The first kappa shape index (κ1) is 17.4. The van der Waals surface area contributed by atoms with Gasteiger partial charge in [0.05, 0.1) is 5.69 Å². The molecule has 0 atom stereocenters. The van der Waals surface area contributed by atoms with E-state index in [-0.39, 0.29) is 23.5 Å². The van der Waals surface area contributed by atoms with E-state index in [2.05, 4.69) is 25.3 Å². The topological polar surface area (TPSA) is 114 Å². The summed E-state index contributed by atoms with van der Waals surface area (Å²) in [6, 6.07) is 7.84. The van der Waals surface area contributed by atoms with Gasteiger partial charge in [-0.05, 0) is 50.5 Å². The molecule has 1 aliphatic carbocycles. The lowest BCUT2D eigenvalue weighted by molar-refractivity contribution is 0.0912. The van der Waals surface area contributed by atoms with Gasteiger partial charge >= 0.3 is 0 Å². The first-order chi connectivity index (χ1) is 14.1. The van der Waals surface area contributed by atoms with Gasteiger partial charge in [0, 0.05) is 35.9 Å². The second kappa shape index (κ2) is 6.73. The molecule has 0 aliphatic heterocycles. The number of nitrogens with one attached hydrogen (secondary N) is 2. The molecular formula is C21H21N7O. The Bertz CT molecular complexity index is 1210. The summed E-state index contributed by atoms with van der Waals surface area (Å²) in [6.07, 6.45) is 8.70. The van der Waals surface area contributed by atoms with Gasteiger partial charge in [-0.25, -0.2) is 15.0 Å². The largest absolute Gasteiger partial charge is 0.382 e. The van der Waals surface area contributed by atoms with Crippen LogP contribution in [0.2, 0.25) is 0 Å². The van der Waals surface area contributed by atoms with Gasteiger partial charge in [0.1, 0.15) is 17.0 Å². The number of rotatable bonds is 4. The Labute approximate surface area is 167 Å². The van der Waals surface area contributed by atoms with Crippen molar-refractivity contribution in [1.29, 1.82) is 0 Å². The molecule has 1 aliphatic rings. The number of anilines is 1. The van der Waals surface area contributed by atoms with Crippen LogP contribution in [0.15, 0.2) is 42.9 Å². The number of hydrogen-bond donors (Lipinski definition) is 3. The maximum absolute atomic E-state index is 12.8. The van der Waals surface area contributed by atoms with Crippen molar-refractivity contribution in [2.24, 2.45) is 0 Å². The van der Waals surface area contributed by atoms with Gasteiger partial charge in [0.2, 0.25) is 0 Å². The molecule has 1 amide bonds. The molecule has 4 N–H and O–H groups in total. The minimum Gasteiger partial charge on any atom is -0.382 e. The third-order valence-corrected chi connectivity index (χ3v) is 5.40.